The number of piperidine rings is 1. The van der Waals surface area contributed by atoms with Crippen molar-refractivity contribution in [1.82, 2.24) is 14.5 Å². The maximum Gasteiger partial charge on any atom is 0.498 e. The van der Waals surface area contributed by atoms with Crippen LogP contribution in [0.4, 0.5) is 10.5 Å². The van der Waals surface area contributed by atoms with Gasteiger partial charge in [-0.15, -0.1) is 0 Å². The summed E-state index contributed by atoms with van der Waals surface area (Å²) in [4.78, 5) is 17.9. The Morgan fingerprint density at radius 2 is 1.97 bits per heavy atom. The molecular weight excluding hydrogens is 475 g/mol. The van der Waals surface area contributed by atoms with E-state index in [1.165, 1.54) is 4.90 Å². The molecule has 198 valence electrons. The van der Waals surface area contributed by atoms with Crippen molar-refractivity contribution in [2.24, 2.45) is 0 Å². The van der Waals surface area contributed by atoms with Gasteiger partial charge < -0.3 is 33.9 Å². The average Bonchev–Trinajstić information content (AvgIpc) is 3.28. The first-order valence-corrected chi connectivity index (χ1v) is 16.6. The summed E-state index contributed by atoms with van der Waals surface area (Å²) in [5, 5.41) is 14.1. The molecule has 36 heavy (non-hydrogen) atoms. The molecule has 1 amide bonds. The molecule has 0 aliphatic carbocycles. The Balaban J connectivity index is 1.64. The molecule has 4 heterocycles. The quantitative estimate of drug-likeness (QED) is 0.401. The fraction of sp³-hybridized carbons (Fsp3) is 0.680. The molecule has 2 N–H and O–H groups in total. The second-order valence-corrected chi connectivity index (χ2v) is 17.9. The van der Waals surface area contributed by atoms with Crippen LogP contribution in [0.3, 0.4) is 0 Å². The number of amides is 1. The SMILES string of the molecule is CC1(C)OB(c2cnc3c(ccn3COCC[Si](C)(C)C)c2N[C@@H]2CCCN(C(=O)O)C2)OC1(C)C. The minimum absolute atomic E-state index is 0.0158. The number of nitrogens with zero attached hydrogens (tertiary/aromatic N) is 3. The maximum atomic E-state index is 11.6. The molecule has 0 bridgehead atoms. The molecule has 0 unspecified atom stereocenters. The lowest BCUT2D eigenvalue weighted by molar-refractivity contribution is 0.00578. The molecule has 1 atom stereocenters. The van der Waals surface area contributed by atoms with E-state index in [9.17, 15) is 9.90 Å². The minimum atomic E-state index is -1.16. The van der Waals surface area contributed by atoms with E-state index in [-0.39, 0.29) is 6.04 Å². The van der Waals surface area contributed by atoms with Crippen LogP contribution in [0.2, 0.25) is 25.7 Å². The van der Waals surface area contributed by atoms with E-state index >= 15 is 0 Å². The predicted octanol–water partition coefficient (Wildman–Crippen LogP) is 4.20. The summed E-state index contributed by atoms with van der Waals surface area (Å²) in [7, 11) is -1.74. The number of likely N-dealkylation sites (tertiary alicyclic amines) is 1. The molecule has 2 aliphatic heterocycles. The van der Waals surface area contributed by atoms with Crippen molar-refractivity contribution in [3.05, 3.63) is 18.5 Å². The van der Waals surface area contributed by atoms with E-state index < -0.39 is 32.5 Å². The molecule has 2 aromatic rings. The predicted molar refractivity (Wildman–Crippen MR) is 146 cm³/mol. The lowest BCUT2D eigenvalue weighted by atomic mass is 9.78. The van der Waals surface area contributed by atoms with Gasteiger partial charge in [-0.3, -0.25) is 0 Å². The fourth-order valence-corrected chi connectivity index (χ4v) is 5.34. The van der Waals surface area contributed by atoms with Gasteiger partial charge >= 0.3 is 13.2 Å². The van der Waals surface area contributed by atoms with E-state index in [0.717, 1.165) is 47.7 Å². The number of rotatable bonds is 8. The first-order chi connectivity index (χ1) is 16.8. The lowest BCUT2D eigenvalue weighted by Crippen LogP contribution is -2.46. The van der Waals surface area contributed by atoms with Crippen LogP contribution in [0.15, 0.2) is 18.5 Å². The van der Waals surface area contributed by atoms with Gasteiger partial charge in [-0.05, 0) is 52.6 Å². The first-order valence-electron chi connectivity index (χ1n) is 12.9. The van der Waals surface area contributed by atoms with Crippen LogP contribution in [0.5, 0.6) is 0 Å². The smallest absolute Gasteiger partial charge is 0.465 e. The highest BCUT2D eigenvalue weighted by Crippen LogP contribution is 2.38. The van der Waals surface area contributed by atoms with Crippen molar-refractivity contribution in [2.75, 3.05) is 25.0 Å². The number of hydrogen-bond acceptors (Lipinski definition) is 6. The van der Waals surface area contributed by atoms with Crippen LogP contribution in [-0.2, 0) is 20.8 Å². The van der Waals surface area contributed by atoms with E-state index in [1.54, 1.807) is 0 Å². The summed E-state index contributed by atoms with van der Waals surface area (Å²) < 4.78 is 20.8. The van der Waals surface area contributed by atoms with Gasteiger partial charge in [0.1, 0.15) is 12.4 Å². The molecule has 2 saturated heterocycles. The Kier molecular flexibility index (Phi) is 7.49. The second kappa shape index (κ2) is 10.00. The highest BCUT2D eigenvalue weighted by Gasteiger charge is 2.52. The molecule has 2 fully saturated rings. The third kappa shape index (κ3) is 5.74. The van der Waals surface area contributed by atoms with Gasteiger partial charge in [0.25, 0.3) is 0 Å². The molecule has 0 aromatic carbocycles. The number of anilines is 1. The third-order valence-electron chi connectivity index (χ3n) is 7.59. The number of pyridine rings is 1. The molecule has 2 aromatic heterocycles. The largest absolute Gasteiger partial charge is 0.498 e. The summed E-state index contributed by atoms with van der Waals surface area (Å²) in [5.41, 5.74) is 1.56. The third-order valence-corrected chi connectivity index (χ3v) is 9.30. The zero-order chi connectivity index (χ0) is 26.3. The van der Waals surface area contributed by atoms with Gasteiger partial charge in [0.15, 0.2) is 0 Å². The molecule has 2 aliphatic rings. The fourth-order valence-electron chi connectivity index (χ4n) is 4.58. The Hall–Kier alpha value is -2.08. The Morgan fingerprint density at radius 1 is 1.28 bits per heavy atom. The Bertz CT molecular complexity index is 1080. The number of hydrogen-bond donors (Lipinski definition) is 2. The van der Waals surface area contributed by atoms with Crippen molar-refractivity contribution < 1.29 is 23.9 Å². The van der Waals surface area contributed by atoms with Gasteiger partial charge in [0.2, 0.25) is 0 Å². The molecule has 0 spiro atoms. The van der Waals surface area contributed by atoms with Crippen LogP contribution >= 0.6 is 0 Å². The van der Waals surface area contributed by atoms with E-state index in [4.69, 9.17) is 19.0 Å². The summed E-state index contributed by atoms with van der Waals surface area (Å²) in [6, 6.07) is 3.14. The summed E-state index contributed by atoms with van der Waals surface area (Å²) in [6.45, 7) is 17.3. The molecule has 9 nitrogen and oxygen atoms in total. The Morgan fingerprint density at radius 3 is 2.61 bits per heavy atom. The number of carboxylic acid groups (broad SMARTS) is 1. The van der Waals surface area contributed by atoms with Crippen molar-refractivity contribution in [1.29, 1.82) is 0 Å². The van der Waals surface area contributed by atoms with Crippen molar-refractivity contribution in [3.63, 3.8) is 0 Å². The molecule has 0 saturated carbocycles. The lowest BCUT2D eigenvalue weighted by Gasteiger charge is -2.32. The summed E-state index contributed by atoms with van der Waals surface area (Å²) in [5.74, 6) is 0. The van der Waals surface area contributed by atoms with E-state index in [1.807, 2.05) is 50.7 Å². The van der Waals surface area contributed by atoms with Gasteiger partial charge in [-0.2, -0.15) is 0 Å². The van der Waals surface area contributed by atoms with Gasteiger partial charge in [-0.25, -0.2) is 9.78 Å². The van der Waals surface area contributed by atoms with E-state index in [2.05, 4.69) is 25.0 Å². The van der Waals surface area contributed by atoms with Crippen molar-refractivity contribution in [2.45, 2.75) is 90.2 Å². The monoisotopic (exact) mass is 516 g/mol. The van der Waals surface area contributed by atoms with Crippen LogP contribution in [0.1, 0.15) is 40.5 Å². The zero-order valence-corrected chi connectivity index (χ0v) is 23.8. The number of aromatic nitrogens is 2. The molecule has 11 heteroatoms. The summed E-state index contributed by atoms with van der Waals surface area (Å²) >= 11 is 0. The number of fused-ring (bicyclic) bond motifs is 1. The van der Waals surface area contributed by atoms with Gasteiger partial charge in [-0.1, -0.05) is 19.6 Å². The highest BCUT2D eigenvalue weighted by molar-refractivity contribution is 6.76. The van der Waals surface area contributed by atoms with E-state index in [0.29, 0.717) is 19.8 Å². The number of nitrogens with one attached hydrogen (secondary N) is 1. The van der Waals surface area contributed by atoms with Crippen LogP contribution in [-0.4, -0.2) is 77.8 Å². The minimum Gasteiger partial charge on any atom is -0.465 e. The van der Waals surface area contributed by atoms with Crippen LogP contribution in [0.25, 0.3) is 11.0 Å². The van der Waals surface area contributed by atoms with Crippen LogP contribution in [0, 0.1) is 0 Å². The topological polar surface area (TPSA) is 98.1 Å². The summed E-state index contributed by atoms with van der Waals surface area (Å²) in [6.07, 6.45) is 4.64. The molecule has 0 radical (unpaired) electrons. The molecule has 4 rings (SSSR count). The molecular formula is C25H41BN4O5Si. The Labute approximate surface area is 215 Å². The number of ether oxygens (including phenoxy) is 1. The average molecular weight is 517 g/mol. The number of carbonyl (C=O) groups is 1. The van der Waals surface area contributed by atoms with Gasteiger partial charge in [0.05, 0.1) is 11.2 Å². The second-order valence-electron chi connectivity index (χ2n) is 12.3. The van der Waals surface area contributed by atoms with Crippen molar-refractivity contribution in [3.8, 4) is 0 Å². The standard InChI is InChI=1S/C25H41BN4O5Si/c1-24(2)25(3,4)35-26(34-24)20-15-27-22-19(10-12-30(22)17-33-13-14-36(5,6)7)21(20)28-18-9-8-11-29(16-18)23(31)32/h10,12,15,18H,8-9,11,13-14,16-17H2,1-7H3,(H,27,28)(H,31,32)/t18-/m1/s1. The van der Waals surface area contributed by atoms with Crippen molar-refractivity contribution >= 4 is 43.5 Å². The zero-order valence-electron chi connectivity index (χ0n) is 22.8. The maximum absolute atomic E-state index is 11.6. The highest BCUT2D eigenvalue weighted by atomic mass is 28.3. The normalized spacial score (nSPS) is 21.8. The van der Waals surface area contributed by atoms with Gasteiger partial charge in [0, 0.05) is 62.7 Å². The van der Waals surface area contributed by atoms with Crippen LogP contribution < -0.4 is 10.8 Å². The first kappa shape index (κ1) is 27.0.